The van der Waals surface area contributed by atoms with E-state index in [0.717, 1.165) is 14.8 Å². The summed E-state index contributed by atoms with van der Waals surface area (Å²) in [5, 5.41) is 4.14. The average molecular weight is 337 g/mol. The Labute approximate surface area is 111 Å². The summed E-state index contributed by atoms with van der Waals surface area (Å²) in [6.07, 6.45) is 5.18. The first-order valence-corrected chi connectivity index (χ1v) is 6.13. The molecule has 0 bridgehead atoms. The van der Waals surface area contributed by atoms with E-state index in [1.54, 1.807) is 23.1 Å². The Morgan fingerprint density at radius 2 is 2.00 bits per heavy atom. The van der Waals surface area contributed by atoms with Crippen LogP contribution in [0.2, 0.25) is 0 Å². The molecule has 0 saturated heterocycles. The molecule has 0 aliphatic rings. The molecular formula is C12H8IN3O. The van der Waals surface area contributed by atoms with Crippen molar-refractivity contribution in [3.05, 3.63) is 52.5 Å². The highest BCUT2D eigenvalue weighted by molar-refractivity contribution is 14.1. The van der Waals surface area contributed by atoms with E-state index in [1.807, 2.05) is 30.3 Å². The Bertz CT molecular complexity index is 665. The standard InChI is InChI=1S/C12H8IN3O/c13-9-3-1-2-4-11(9)17-12-10-5-6-15-16(10)8-7-14-12/h1-8H. The third-order valence-electron chi connectivity index (χ3n) is 2.33. The van der Waals surface area contributed by atoms with E-state index < -0.39 is 0 Å². The molecule has 0 fully saturated rings. The summed E-state index contributed by atoms with van der Waals surface area (Å²) < 4.78 is 8.59. The third kappa shape index (κ3) is 1.97. The van der Waals surface area contributed by atoms with E-state index in [9.17, 15) is 0 Å². The Hall–Kier alpha value is -1.63. The van der Waals surface area contributed by atoms with Gasteiger partial charge in [-0.25, -0.2) is 9.50 Å². The first-order valence-electron chi connectivity index (χ1n) is 5.05. The van der Waals surface area contributed by atoms with Crippen molar-refractivity contribution in [2.24, 2.45) is 0 Å². The van der Waals surface area contributed by atoms with Gasteiger partial charge in [0, 0.05) is 12.4 Å². The fourth-order valence-corrected chi connectivity index (χ4v) is 2.04. The maximum atomic E-state index is 5.80. The van der Waals surface area contributed by atoms with Crippen LogP contribution >= 0.6 is 22.6 Å². The van der Waals surface area contributed by atoms with Gasteiger partial charge in [-0.1, -0.05) is 12.1 Å². The molecule has 0 radical (unpaired) electrons. The van der Waals surface area contributed by atoms with Crippen LogP contribution < -0.4 is 4.74 Å². The van der Waals surface area contributed by atoms with Gasteiger partial charge in [-0.05, 0) is 40.8 Å². The van der Waals surface area contributed by atoms with E-state index in [-0.39, 0.29) is 0 Å². The molecule has 0 unspecified atom stereocenters. The SMILES string of the molecule is Ic1ccccc1Oc1nccn2nccc12. The second kappa shape index (κ2) is 4.33. The summed E-state index contributed by atoms with van der Waals surface area (Å²) in [6.45, 7) is 0. The zero-order valence-electron chi connectivity index (χ0n) is 8.75. The lowest BCUT2D eigenvalue weighted by molar-refractivity contribution is 0.462. The van der Waals surface area contributed by atoms with E-state index >= 15 is 0 Å². The smallest absolute Gasteiger partial charge is 0.245 e. The quantitative estimate of drug-likeness (QED) is 0.675. The van der Waals surface area contributed by atoms with Gasteiger partial charge >= 0.3 is 0 Å². The number of fused-ring (bicyclic) bond motifs is 1. The molecule has 17 heavy (non-hydrogen) atoms. The predicted molar refractivity (Wildman–Crippen MR) is 72.2 cm³/mol. The van der Waals surface area contributed by atoms with Crippen LogP contribution in [0.25, 0.3) is 5.52 Å². The Morgan fingerprint density at radius 3 is 2.88 bits per heavy atom. The van der Waals surface area contributed by atoms with Crippen molar-refractivity contribution in [3.63, 3.8) is 0 Å². The monoisotopic (exact) mass is 337 g/mol. The topological polar surface area (TPSA) is 39.4 Å². The van der Waals surface area contributed by atoms with Gasteiger partial charge in [-0.3, -0.25) is 0 Å². The number of nitrogens with zero attached hydrogens (tertiary/aromatic N) is 3. The van der Waals surface area contributed by atoms with Crippen LogP contribution in [0.3, 0.4) is 0 Å². The minimum atomic E-state index is 0.564. The zero-order valence-corrected chi connectivity index (χ0v) is 10.9. The average Bonchev–Trinajstić information content (AvgIpc) is 2.81. The minimum Gasteiger partial charge on any atom is -0.436 e. The molecule has 2 aromatic heterocycles. The lowest BCUT2D eigenvalue weighted by atomic mass is 10.3. The fourth-order valence-electron chi connectivity index (χ4n) is 1.54. The van der Waals surface area contributed by atoms with Gasteiger partial charge in [0.25, 0.3) is 0 Å². The number of hydrogen-bond acceptors (Lipinski definition) is 3. The van der Waals surface area contributed by atoms with Gasteiger partial charge in [0.2, 0.25) is 5.88 Å². The molecule has 0 saturated carbocycles. The number of para-hydroxylation sites is 1. The van der Waals surface area contributed by atoms with Crippen LogP contribution in [0, 0.1) is 3.57 Å². The molecular weight excluding hydrogens is 329 g/mol. The number of halogens is 1. The largest absolute Gasteiger partial charge is 0.436 e. The van der Waals surface area contributed by atoms with Gasteiger partial charge in [-0.2, -0.15) is 5.10 Å². The first-order chi connectivity index (χ1) is 8.34. The molecule has 0 N–H and O–H groups in total. The number of ether oxygens (including phenoxy) is 1. The maximum Gasteiger partial charge on any atom is 0.245 e. The van der Waals surface area contributed by atoms with Crippen molar-refractivity contribution < 1.29 is 4.74 Å². The van der Waals surface area contributed by atoms with Gasteiger partial charge in [0.15, 0.2) is 0 Å². The van der Waals surface area contributed by atoms with Crippen molar-refractivity contribution in [3.8, 4) is 11.6 Å². The van der Waals surface area contributed by atoms with Gasteiger partial charge in [0.1, 0.15) is 11.3 Å². The molecule has 0 atom stereocenters. The van der Waals surface area contributed by atoms with Crippen LogP contribution in [0.5, 0.6) is 11.6 Å². The molecule has 84 valence electrons. The van der Waals surface area contributed by atoms with Crippen LogP contribution in [0.4, 0.5) is 0 Å². The molecule has 0 aliphatic carbocycles. The number of aromatic nitrogens is 3. The number of rotatable bonds is 2. The van der Waals surface area contributed by atoms with Crippen LogP contribution in [0.15, 0.2) is 48.9 Å². The lowest BCUT2D eigenvalue weighted by Gasteiger charge is -2.07. The second-order valence-corrected chi connectivity index (χ2v) is 4.59. The van der Waals surface area contributed by atoms with Gasteiger partial charge in [0.05, 0.1) is 9.77 Å². The van der Waals surface area contributed by atoms with Crippen LogP contribution in [0.1, 0.15) is 0 Å². The Kier molecular flexibility index (Phi) is 2.68. The highest BCUT2D eigenvalue weighted by Crippen LogP contribution is 2.27. The fraction of sp³-hybridized carbons (Fsp3) is 0. The summed E-state index contributed by atoms with van der Waals surface area (Å²) in [4.78, 5) is 4.23. The van der Waals surface area contributed by atoms with Crippen molar-refractivity contribution in [1.82, 2.24) is 14.6 Å². The molecule has 0 spiro atoms. The summed E-state index contributed by atoms with van der Waals surface area (Å²) in [5.41, 5.74) is 0.854. The normalized spacial score (nSPS) is 10.6. The number of hydrogen-bond donors (Lipinski definition) is 0. The van der Waals surface area contributed by atoms with Crippen molar-refractivity contribution >= 4 is 28.1 Å². The van der Waals surface area contributed by atoms with Crippen molar-refractivity contribution in [1.29, 1.82) is 0 Å². The minimum absolute atomic E-state index is 0.564. The van der Waals surface area contributed by atoms with Crippen molar-refractivity contribution in [2.75, 3.05) is 0 Å². The lowest BCUT2D eigenvalue weighted by Crippen LogP contribution is -1.94. The zero-order chi connectivity index (χ0) is 11.7. The van der Waals surface area contributed by atoms with E-state index in [1.165, 1.54) is 0 Å². The molecule has 0 amide bonds. The molecule has 3 aromatic rings. The molecule has 1 aromatic carbocycles. The second-order valence-electron chi connectivity index (χ2n) is 3.43. The molecule has 5 heteroatoms. The highest BCUT2D eigenvalue weighted by Gasteiger charge is 2.07. The molecule has 2 heterocycles. The first kappa shape index (κ1) is 10.5. The highest BCUT2D eigenvalue weighted by atomic mass is 127. The summed E-state index contributed by atoms with van der Waals surface area (Å²) in [7, 11) is 0. The van der Waals surface area contributed by atoms with Gasteiger partial charge in [-0.15, -0.1) is 0 Å². The van der Waals surface area contributed by atoms with Gasteiger partial charge < -0.3 is 4.74 Å². The van der Waals surface area contributed by atoms with E-state index in [0.29, 0.717) is 5.88 Å². The predicted octanol–water partition coefficient (Wildman–Crippen LogP) is 3.13. The maximum absolute atomic E-state index is 5.80. The third-order valence-corrected chi connectivity index (χ3v) is 3.22. The summed E-state index contributed by atoms with van der Waals surface area (Å²) >= 11 is 2.23. The van der Waals surface area contributed by atoms with Crippen molar-refractivity contribution in [2.45, 2.75) is 0 Å². The van der Waals surface area contributed by atoms with Crippen LogP contribution in [-0.2, 0) is 0 Å². The molecule has 4 nitrogen and oxygen atoms in total. The van der Waals surface area contributed by atoms with E-state index in [2.05, 4.69) is 32.7 Å². The summed E-state index contributed by atoms with van der Waals surface area (Å²) in [6, 6.07) is 9.70. The number of benzene rings is 1. The van der Waals surface area contributed by atoms with Crippen LogP contribution in [-0.4, -0.2) is 14.6 Å². The van der Waals surface area contributed by atoms with E-state index in [4.69, 9.17) is 4.74 Å². The molecule has 0 aliphatic heterocycles. The Morgan fingerprint density at radius 1 is 1.12 bits per heavy atom. The Balaban J connectivity index is 2.06. The summed E-state index contributed by atoms with van der Waals surface area (Å²) in [5.74, 6) is 1.36. The molecule has 3 rings (SSSR count).